The highest BCUT2D eigenvalue weighted by Gasteiger charge is 2.14. The molecule has 0 aliphatic rings. The number of fused-ring (bicyclic) bond motifs is 1. The van der Waals surface area contributed by atoms with Gasteiger partial charge < -0.3 is 10.3 Å². The second kappa shape index (κ2) is 5.01. The van der Waals surface area contributed by atoms with E-state index >= 15 is 0 Å². The average Bonchev–Trinajstić information content (AvgIpc) is 3.00. The molecule has 3 aromatic rings. The molecular weight excluding hydrogens is 256 g/mol. The van der Waals surface area contributed by atoms with Crippen molar-refractivity contribution >= 4 is 27.4 Å². The van der Waals surface area contributed by atoms with E-state index in [9.17, 15) is 0 Å². The van der Waals surface area contributed by atoms with Gasteiger partial charge in [0.15, 0.2) is 10.8 Å². The van der Waals surface area contributed by atoms with E-state index in [1.165, 1.54) is 16.9 Å². The molecule has 0 bridgehead atoms. The van der Waals surface area contributed by atoms with Crippen molar-refractivity contribution in [2.24, 2.45) is 0 Å². The van der Waals surface area contributed by atoms with Crippen molar-refractivity contribution in [2.45, 2.75) is 26.3 Å². The standard InChI is InChI=1S/C14H16N4S/c1-2-3-8-18-11-7-5-4-6-10(11)17-13(18)14-16-9-12(15)19-14/h4-7,9H,2-3,8,15H2,1H3. The van der Waals surface area contributed by atoms with Crippen LogP contribution in [0.25, 0.3) is 21.9 Å². The molecule has 1 aromatic carbocycles. The Labute approximate surface area is 115 Å². The number of para-hydroxylation sites is 2. The molecule has 2 N–H and O–H groups in total. The van der Waals surface area contributed by atoms with Gasteiger partial charge in [0.1, 0.15) is 5.00 Å². The SMILES string of the molecule is CCCCn1c(-c2ncc(N)s2)nc2ccccc21. The number of rotatable bonds is 4. The van der Waals surface area contributed by atoms with Crippen LogP contribution in [0, 0.1) is 0 Å². The number of nitrogens with zero attached hydrogens (tertiary/aromatic N) is 3. The molecule has 98 valence electrons. The molecule has 0 saturated heterocycles. The van der Waals surface area contributed by atoms with Crippen LogP contribution in [-0.4, -0.2) is 14.5 Å². The van der Waals surface area contributed by atoms with Gasteiger partial charge in [0.05, 0.1) is 17.2 Å². The first kappa shape index (κ1) is 12.2. The zero-order chi connectivity index (χ0) is 13.2. The number of hydrogen-bond donors (Lipinski definition) is 1. The molecule has 0 amide bonds. The van der Waals surface area contributed by atoms with Crippen LogP contribution in [0.3, 0.4) is 0 Å². The zero-order valence-electron chi connectivity index (χ0n) is 10.8. The van der Waals surface area contributed by atoms with Crippen molar-refractivity contribution in [3.05, 3.63) is 30.5 Å². The molecule has 5 heteroatoms. The minimum atomic E-state index is 0.726. The van der Waals surface area contributed by atoms with Crippen LogP contribution in [0.1, 0.15) is 19.8 Å². The molecule has 0 fully saturated rings. The predicted molar refractivity (Wildman–Crippen MR) is 80.2 cm³/mol. The van der Waals surface area contributed by atoms with Gasteiger partial charge in [-0.25, -0.2) is 9.97 Å². The van der Waals surface area contributed by atoms with Gasteiger partial charge in [-0.3, -0.25) is 0 Å². The van der Waals surface area contributed by atoms with Gasteiger partial charge >= 0.3 is 0 Å². The van der Waals surface area contributed by atoms with Crippen molar-refractivity contribution in [3.63, 3.8) is 0 Å². The second-order valence-electron chi connectivity index (χ2n) is 4.50. The Morgan fingerprint density at radius 3 is 2.89 bits per heavy atom. The smallest absolute Gasteiger partial charge is 0.170 e. The van der Waals surface area contributed by atoms with Crippen molar-refractivity contribution < 1.29 is 0 Å². The fourth-order valence-corrected chi connectivity index (χ4v) is 2.85. The Bertz CT molecular complexity index is 698. The van der Waals surface area contributed by atoms with Crippen molar-refractivity contribution in [1.29, 1.82) is 0 Å². The van der Waals surface area contributed by atoms with Gasteiger partial charge in [0.2, 0.25) is 0 Å². The predicted octanol–water partition coefficient (Wildman–Crippen LogP) is 3.54. The number of imidazole rings is 1. The lowest BCUT2D eigenvalue weighted by molar-refractivity contribution is 0.651. The lowest BCUT2D eigenvalue weighted by Gasteiger charge is -2.06. The summed E-state index contributed by atoms with van der Waals surface area (Å²) in [6.07, 6.45) is 3.99. The van der Waals surface area contributed by atoms with Crippen LogP contribution in [0.2, 0.25) is 0 Å². The first-order valence-electron chi connectivity index (χ1n) is 6.46. The summed E-state index contributed by atoms with van der Waals surface area (Å²) in [6.45, 7) is 3.16. The fourth-order valence-electron chi connectivity index (χ4n) is 2.17. The third kappa shape index (κ3) is 2.21. The summed E-state index contributed by atoms with van der Waals surface area (Å²) < 4.78 is 2.25. The third-order valence-electron chi connectivity index (χ3n) is 3.10. The number of anilines is 1. The minimum absolute atomic E-state index is 0.726. The van der Waals surface area contributed by atoms with Crippen LogP contribution in [0.15, 0.2) is 30.5 Å². The van der Waals surface area contributed by atoms with Crippen molar-refractivity contribution in [3.8, 4) is 10.8 Å². The maximum Gasteiger partial charge on any atom is 0.170 e. The largest absolute Gasteiger partial charge is 0.389 e. The number of unbranched alkanes of at least 4 members (excludes halogenated alkanes) is 1. The summed E-state index contributed by atoms with van der Waals surface area (Å²) in [4.78, 5) is 9.06. The maximum atomic E-state index is 5.78. The summed E-state index contributed by atoms with van der Waals surface area (Å²) in [5, 5.41) is 1.62. The lowest BCUT2D eigenvalue weighted by atomic mass is 10.3. The van der Waals surface area contributed by atoms with E-state index in [0.29, 0.717) is 0 Å². The van der Waals surface area contributed by atoms with Gasteiger partial charge in [-0.15, -0.1) is 0 Å². The number of benzene rings is 1. The quantitative estimate of drug-likeness (QED) is 0.790. The topological polar surface area (TPSA) is 56.7 Å². The Kier molecular flexibility index (Phi) is 3.21. The van der Waals surface area contributed by atoms with E-state index in [0.717, 1.165) is 40.7 Å². The minimum Gasteiger partial charge on any atom is -0.389 e. The summed E-state index contributed by atoms with van der Waals surface area (Å²) in [6, 6.07) is 8.21. The van der Waals surface area contributed by atoms with Crippen LogP contribution in [0.5, 0.6) is 0 Å². The lowest BCUT2D eigenvalue weighted by Crippen LogP contribution is -2.00. The number of thiazole rings is 1. The van der Waals surface area contributed by atoms with E-state index in [4.69, 9.17) is 10.7 Å². The average molecular weight is 272 g/mol. The van der Waals surface area contributed by atoms with Crippen LogP contribution >= 0.6 is 11.3 Å². The first-order chi connectivity index (χ1) is 9.29. The third-order valence-corrected chi connectivity index (χ3v) is 3.93. The van der Waals surface area contributed by atoms with Crippen LogP contribution in [-0.2, 0) is 6.54 Å². The Morgan fingerprint density at radius 1 is 1.32 bits per heavy atom. The monoisotopic (exact) mass is 272 g/mol. The van der Waals surface area contributed by atoms with E-state index in [1.54, 1.807) is 6.20 Å². The van der Waals surface area contributed by atoms with Crippen molar-refractivity contribution in [2.75, 3.05) is 5.73 Å². The maximum absolute atomic E-state index is 5.78. The van der Waals surface area contributed by atoms with Gasteiger partial charge in [0, 0.05) is 6.54 Å². The summed E-state index contributed by atoms with van der Waals surface area (Å²) >= 11 is 1.49. The Morgan fingerprint density at radius 2 is 2.16 bits per heavy atom. The molecule has 0 aliphatic heterocycles. The summed E-state index contributed by atoms with van der Waals surface area (Å²) in [7, 11) is 0. The van der Waals surface area contributed by atoms with E-state index in [1.807, 2.05) is 18.2 Å². The molecule has 0 saturated carbocycles. The van der Waals surface area contributed by atoms with E-state index < -0.39 is 0 Å². The summed E-state index contributed by atoms with van der Waals surface area (Å²) in [5.74, 6) is 0.927. The number of aromatic nitrogens is 3. The zero-order valence-corrected chi connectivity index (χ0v) is 11.7. The number of hydrogen-bond acceptors (Lipinski definition) is 4. The van der Waals surface area contributed by atoms with Gasteiger partial charge in [0.25, 0.3) is 0 Å². The summed E-state index contributed by atoms with van der Waals surface area (Å²) in [5.41, 5.74) is 7.96. The molecule has 2 heterocycles. The molecule has 0 unspecified atom stereocenters. The van der Waals surface area contributed by atoms with Gasteiger partial charge in [-0.2, -0.15) is 0 Å². The first-order valence-corrected chi connectivity index (χ1v) is 7.28. The van der Waals surface area contributed by atoms with E-state index in [2.05, 4.69) is 22.5 Å². The number of nitrogens with two attached hydrogens (primary N) is 1. The fraction of sp³-hybridized carbons (Fsp3) is 0.286. The molecule has 0 spiro atoms. The number of aryl methyl sites for hydroxylation is 1. The molecule has 19 heavy (non-hydrogen) atoms. The van der Waals surface area contributed by atoms with Gasteiger partial charge in [-0.05, 0) is 18.6 Å². The Hall–Kier alpha value is -1.88. The molecule has 2 aromatic heterocycles. The van der Waals surface area contributed by atoms with E-state index in [-0.39, 0.29) is 0 Å². The number of nitrogen functional groups attached to an aromatic ring is 1. The van der Waals surface area contributed by atoms with Crippen LogP contribution < -0.4 is 5.73 Å². The Balaban J connectivity index is 2.16. The molecular formula is C14H16N4S. The highest BCUT2D eigenvalue weighted by atomic mass is 32.1. The van der Waals surface area contributed by atoms with Crippen molar-refractivity contribution in [1.82, 2.24) is 14.5 Å². The molecule has 0 radical (unpaired) electrons. The second-order valence-corrected chi connectivity index (χ2v) is 5.56. The highest BCUT2D eigenvalue weighted by Crippen LogP contribution is 2.29. The van der Waals surface area contributed by atoms with Crippen LogP contribution in [0.4, 0.5) is 5.00 Å². The molecule has 4 nitrogen and oxygen atoms in total. The molecule has 0 aliphatic carbocycles. The highest BCUT2D eigenvalue weighted by molar-refractivity contribution is 7.18. The van der Waals surface area contributed by atoms with Gasteiger partial charge in [-0.1, -0.05) is 36.8 Å². The molecule has 0 atom stereocenters. The molecule has 3 rings (SSSR count). The normalized spacial score (nSPS) is 11.2.